The summed E-state index contributed by atoms with van der Waals surface area (Å²) in [5.74, 6) is -0.528. The predicted molar refractivity (Wildman–Crippen MR) is 166 cm³/mol. The zero-order valence-electron chi connectivity index (χ0n) is 24.6. The maximum Gasteiger partial charge on any atom is 0.264 e. The number of carbonyl (C=O) groups is 2. The molecule has 0 heterocycles. The van der Waals surface area contributed by atoms with Gasteiger partial charge in [-0.05, 0) is 68.5 Å². The first-order chi connectivity index (χ1) is 19.3. The second kappa shape index (κ2) is 14.0. The van der Waals surface area contributed by atoms with Gasteiger partial charge in [-0.15, -0.1) is 0 Å². The molecule has 0 aliphatic heterocycles. The number of hydrogen-bond acceptors (Lipinski definition) is 4. The van der Waals surface area contributed by atoms with Gasteiger partial charge in [0.15, 0.2) is 0 Å². The van der Waals surface area contributed by atoms with Gasteiger partial charge >= 0.3 is 0 Å². The van der Waals surface area contributed by atoms with Crippen LogP contribution < -0.4 is 9.62 Å². The third-order valence-corrected chi connectivity index (χ3v) is 8.88. The fourth-order valence-electron chi connectivity index (χ4n) is 4.43. The normalized spacial score (nSPS) is 12.2. The smallest absolute Gasteiger partial charge is 0.264 e. The molecule has 3 aromatic rings. The standard InChI is InChI=1S/C32H40ClN3O4S/c1-7-29(32(38)34-19-22(2)3)35(20-26-13-8-23(4)9-14-26)31(37)21-36(30-18-27(33)15-12-25(30)6)41(39,40)28-16-10-24(5)11-17-28/h8-18,22,29H,7,19-21H2,1-6H3,(H,34,38). The van der Waals surface area contributed by atoms with Gasteiger partial charge in [0.1, 0.15) is 12.6 Å². The highest BCUT2D eigenvalue weighted by Crippen LogP contribution is 2.30. The molecule has 3 aromatic carbocycles. The summed E-state index contributed by atoms with van der Waals surface area (Å²) in [5.41, 5.74) is 3.77. The summed E-state index contributed by atoms with van der Waals surface area (Å²) in [6, 6.07) is 18.4. The Morgan fingerprint density at radius 1 is 0.902 bits per heavy atom. The van der Waals surface area contributed by atoms with Crippen LogP contribution in [-0.2, 0) is 26.2 Å². The van der Waals surface area contributed by atoms with E-state index in [0.29, 0.717) is 29.2 Å². The molecule has 1 N–H and O–H groups in total. The summed E-state index contributed by atoms with van der Waals surface area (Å²) < 4.78 is 29.2. The first kappa shape index (κ1) is 32.2. The summed E-state index contributed by atoms with van der Waals surface area (Å²) in [6.07, 6.45) is 0.364. The zero-order valence-corrected chi connectivity index (χ0v) is 26.2. The Balaban J connectivity index is 2.08. The predicted octanol–water partition coefficient (Wildman–Crippen LogP) is 6.04. The van der Waals surface area contributed by atoms with Crippen LogP contribution in [0.5, 0.6) is 0 Å². The fourth-order valence-corrected chi connectivity index (χ4v) is 6.07. The Hall–Kier alpha value is -3.36. The van der Waals surface area contributed by atoms with Gasteiger partial charge in [0.05, 0.1) is 10.6 Å². The highest BCUT2D eigenvalue weighted by Gasteiger charge is 2.34. The maximum absolute atomic E-state index is 14.2. The monoisotopic (exact) mass is 597 g/mol. The van der Waals surface area contributed by atoms with Crippen LogP contribution in [0.1, 0.15) is 49.4 Å². The van der Waals surface area contributed by atoms with Crippen molar-refractivity contribution in [1.82, 2.24) is 10.2 Å². The minimum Gasteiger partial charge on any atom is -0.354 e. The largest absolute Gasteiger partial charge is 0.354 e. The Labute approximate surface area is 249 Å². The van der Waals surface area contributed by atoms with Gasteiger partial charge in [0.25, 0.3) is 10.0 Å². The van der Waals surface area contributed by atoms with Gasteiger partial charge in [0.2, 0.25) is 11.8 Å². The molecule has 9 heteroatoms. The highest BCUT2D eigenvalue weighted by atomic mass is 35.5. The van der Waals surface area contributed by atoms with E-state index >= 15 is 0 Å². The van der Waals surface area contributed by atoms with E-state index in [2.05, 4.69) is 5.32 Å². The second-order valence-corrected chi connectivity index (χ2v) is 13.1. The molecule has 0 saturated carbocycles. The molecule has 3 rings (SSSR count). The topological polar surface area (TPSA) is 86.8 Å². The molecule has 0 spiro atoms. The van der Waals surface area contributed by atoms with E-state index in [1.165, 1.54) is 17.0 Å². The SMILES string of the molecule is CCC(C(=O)NCC(C)C)N(Cc1ccc(C)cc1)C(=O)CN(c1cc(Cl)ccc1C)S(=O)(=O)c1ccc(C)cc1. The van der Waals surface area contributed by atoms with Crippen LogP contribution in [0.2, 0.25) is 5.02 Å². The third kappa shape index (κ3) is 8.33. The number of anilines is 1. The fraction of sp³-hybridized carbons (Fsp3) is 0.375. The molecule has 0 aromatic heterocycles. The molecular formula is C32H40ClN3O4S. The summed E-state index contributed by atoms with van der Waals surface area (Å²) >= 11 is 6.30. The van der Waals surface area contributed by atoms with E-state index in [9.17, 15) is 18.0 Å². The molecule has 2 amide bonds. The summed E-state index contributed by atoms with van der Waals surface area (Å²) in [6.45, 7) is 11.6. The number of halogens is 1. The van der Waals surface area contributed by atoms with E-state index in [1.807, 2.05) is 58.9 Å². The minimum absolute atomic E-state index is 0.0575. The van der Waals surface area contributed by atoms with Crippen LogP contribution in [-0.4, -0.2) is 44.3 Å². The van der Waals surface area contributed by atoms with E-state index in [-0.39, 0.29) is 23.3 Å². The van der Waals surface area contributed by atoms with Crippen molar-refractivity contribution in [2.24, 2.45) is 5.92 Å². The summed E-state index contributed by atoms with van der Waals surface area (Å²) in [4.78, 5) is 29.0. The number of amides is 2. The Kier molecular flexibility index (Phi) is 11.0. The Morgan fingerprint density at radius 2 is 1.49 bits per heavy atom. The lowest BCUT2D eigenvalue weighted by Crippen LogP contribution is -2.52. The Morgan fingerprint density at radius 3 is 2.05 bits per heavy atom. The second-order valence-electron chi connectivity index (χ2n) is 10.8. The van der Waals surface area contributed by atoms with E-state index in [4.69, 9.17) is 11.6 Å². The average molecular weight is 598 g/mol. The van der Waals surface area contributed by atoms with Crippen LogP contribution in [0.25, 0.3) is 0 Å². The molecule has 41 heavy (non-hydrogen) atoms. The van der Waals surface area contributed by atoms with Crippen molar-refractivity contribution in [3.05, 3.63) is 94.0 Å². The van der Waals surface area contributed by atoms with Gasteiger partial charge in [0, 0.05) is 18.1 Å². The van der Waals surface area contributed by atoms with Crippen molar-refractivity contribution < 1.29 is 18.0 Å². The molecule has 0 aliphatic carbocycles. The number of nitrogens with one attached hydrogen (secondary N) is 1. The number of hydrogen-bond donors (Lipinski definition) is 1. The van der Waals surface area contributed by atoms with Crippen molar-refractivity contribution in [2.75, 3.05) is 17.4 Å². The molecule has 1 unspecified atom stereocenters. The van der Waals surface area contributed by atoms with Crippen molar-refractivity contribution in [3.63, 3.8) is 0 Å². The first-order valence-corrected chi connectivity index (χ1v) is 15.6. The van der Waals surface area contributed by atoms with Crippen molar-refractivity contribution in [2.45, 2.75) is 65.4 Å². The van der Waals surface area contributed by atoms with Crippen LogP contribution in [0, 0.1) is 26.7 Å². The van der Waals surface area contributed by atoms with Crippen LogP contribution >= 0.6 is 11.6 Å². The van der Waals surface area contributed by atoms with Gasteiger partial charge in [-0.25, -0.2) is 8.42 Å². The van der Waals surface area contributed by atoms with Crippen LogP contribution in [0.4, 0.5) is 5.69 Å². The maximum atomic E-state index is 14.2. The number of aryl methyl sites for hydroxylation is 3. The summed E-state index contributed by atoms with van der Waals surface area (Å²) in [7, 11) is -4.16. The molecule has 7 nitrogen and oxygen atoms in total. The van der Waals surface area contributed by atoms with Crippen LogP contribution in [0.3, 0.4) is 0 Å². The lowest BCUT2D eigenvalue weighted by molar-refractivity contribution is -0.140. The molecule has 1 atom stereocenters. The van der Waals surface area contributed by atoms with Gasteiger partial charge in [-0.1, -0.05) is 86.0 Å². The number of rotatable bonds is 12. The average Bonchev–Trinajstić information content (AvgIpc) is 2.93. The zero-order chi connectivity index (χ0) is 30.3. The third-order valence-electron chi connectivity index (χ3n) is 6.87. The van der Waals surface area contributed by atoms with Gasteiger partial charge < -0.3 is 10.2 Å². The lowest BCUT2D eigenvalue weighted by atomic mass is 10.1. The number of sulfonamides is 1. The molecule has 0 bridgehead atoms. The van der Waals surface area contributed by atoms with Crippen molar-refractivity contribution in [1.29, 1.82) is 0 Å². The Bertz CT molecular complexity index is 1460. The lowest BCUT2D eigenvalue weighted by Gasteiger charge is -2.33. The molecule has 0 fully saturated rings. The van der Waals surface area contributed by atoms with Gasteiger partial charge in [-0.2, -0.15) is 0 Å². The summed E-state index contributed by atoms with van der Waals surface area (Å²) in [5, 5.41) is 3.29. The van der Waals surface area contributed by atoms with Gasteiger partial charge in [-0.3, -0.25) is 13.9 Å². The molecule has 0 saturated heterocycles. The van der Waals surface area contributed by atoms with Crippen molar-refractivity contribution in [3.8, 4) is 0 Å². The highest BCUT2D eigenvalue weighted by molar-refractivity contribution is 7.92. The molecule has 0 aliphatic rings. The number of benzene rings is 3. The molecule has 0 radical (unpaired) electrons. The molecule has 220 valence electrons. The number of nitrogens with zero attached hydrogens (tertiary/aromatic N) is 2. The number of carbonyl (C=O) groups excluding carboxylic acids is 2. The minimum atomic E-state index is -4.16. The van der Waals surface area contributed by atoms with E-state index < -0.39 is 28.5 Å². The van der Waals surface area contributed by atoms with Crippen molar-refractivity contribution >= 4 is 39.1 Å². The molecular weight excluding hydrogens is 558 g/mol. The van der Waals surface area contributed by atoms with Crippen LogP contribution in [0.15, 0.2) is 71.6 Å². The van der Waals surface area contributed by atoms with E-state index in [1.54, 1.807) is 37.3 Å². The quantitative estimate of drug-likeness (QED) is 0.276. The first-order valence-electron chi connectivity index (χ1n) is 13.8. The van der Waals surface area contributed by atoms with E-state index in [0.717, 1.165) is 21.0 Å².